The van der Waals surface area contributed by atoms with Crippen LogP contribution in [0.25, 0.3) is 0 Å². The van der Waals surface area contributed by atoms with Crippen molar-refractivity contribution in [1.29, 1.82) is 0 Å². The van der Waals surface area contributed by atoms with Crippen molar-refractivity contribution < 1.29 is 23.5 Å². The molecule has 3 aromatic rings. The average Bonchev–Trinajstić information content (AvgIpc) is 3.39. The summed E-state index contributed by atoms with van der Waals surface area (Å²) >= 11 is 7.51. The van der Waals surface area contributed by atoms with Gasteiger partial charge in [-0.05, 0) is 66.2 Å². The highest BCUT2D eigenvalue weighted by Gasteiger charge is 2.53. The van der Waals surface area contributed by atoms with Gasteiger partial charge in [-0.3, -0.25) is 9.69 Å². The molecule has 34 heavy (non-hydrogen) atoms. The van der Waals surface area contributed by atoms with Gasteiger partial charge in [0.1, 0.15) is 35.3 Å². The molecule has 2 aliphatic heterocycles. The molecule has 2 saturated heterocycles. The zero-order valence-corrected chi connectivity index (χ0v) is 19.7. The molecule has 3 amide bonds. The van der Waals surface area contributed by atoms with Crippen LogP contribution in [0.15, 0.2) is 66.7 Å². The van der Waals surface area contributed by atoms with Gasteiger partial charge in [-0.15, -0.1) is 11.8 Å². The maximum Gasteiger partial charge on any atom is 0.333 e. The molecule has 2 aliphatic rings. The van der Waals surface area contributed by atoms with Crippen molar-refractivity contribution in [3.05, 3.63) is 88.7 Å². The number of amides is 3. The van der Waals surface area contributed by atoms with E-state index in [-0.39, 0.29) is 29.7 Å². The van der Waals surface area contributed by atoms with Crippen LogP contribution >= 0.6 is 23.4 Å². The number of thioether (sulfide) groups is 1. The molecular formula is C25H20ClFN2O4S. The molecule has 0 aliphatic carbocycles. The number of halogens is 2. The van der Waals surface area contributed by atoms with Crippen LogP contribution in [-0.4, -0.2) is 35.7 Å². The van der Waals surface area contributed by atoms with E-state index in [9.17, 15) is 14.0 Å². The largest absolute Gasteiger partial charge is 0.496 e. The monoisotopic (exact) mass is 498 g/mol. The Balaban J connectivity index is 1.40. The smallest absolute Gasteiger partial charge is 0.333 e. The highest BCUT2D eigenvalue weighted by atomic mass is 35.5. The van der Waals surface area contributed by atoms with E-state index >= 15 is 0 Å². The molecule has 3 aromatic carbocycles. The van der Waals surface area contributed by atoms with Crippen LogP contribution in [0.2, 0.25) is 5.02 Å². The molecule has 0 bridgehead atoms. The molecule has 2 atom stereocenters. The molecule has 174 valence electrons. The summed E-state index contributed by atoms with van der Waals surface area (Å²) in [4.78, 5) is 29.2. The van der Waals surface area contributed by atoms with Crippen LogP contribution in [0, 0.1) is 5.82 Å². The van der Waals surface area contributed by atoms with Crippen molar-refractivity contribution in [2.75, 3.05) is 17.8 Å². The van der Waals surface area contributed by atoms with E-state index in [1.807, 2.05) is 18.2 Å². The third-order valence-corrected chi connectivity index (χ3v) is 7.38. The maximum atomic E-state index is 13.3. The van der Waals surface area contributed by atoms with E-state index in [1.54, 1.807) is 60.2 Å². The Labute approximate surface area is 205 Å². The first-order chi connectivity index (χ1) is 16.5. The Hall–Kier alpha value is -3.23. The highest BCUT2D eigenvalue weighted by Crippen LogP contribution is 2.46. The highest BCUT2D eigenvalue weighted by molar-refractivity contribution is 7.99. The second-order valence-electron chi connectivity index (χ2n) is 7.86. The number of anilines is 1. The van der Waals surface area contributed by atoms with Crippen LogP contribution in [-0.2, 0) is 11.4 Å². The second-order valence-corrected chi connectivity index (χ2v) is 9.40. The van der Waals surface area contributed by atoms with Crippen LogP contribution in [0.1, 0.15) is 16.5 Å². The molecule has 0 spiro atoms. The van der Waals surface area contributed by atoms with Crippen molar-refractivity contribution in [2.24, 2.45) is 0 Å². The topological polar surface area (TPSA) is 59.1 Å². The fourth-order valence-corrected chi connectivity index (χ4v) is 5.66. The van der Waals surface area contributed by atoms with Crippen molar-refractivity contribution in [1.82, 2.24) is 4.90 Å². The summed E-state index contributed by atoms with van der Waals surface area (Å²) in [7, 11) is 1.57. The lowest BCUT2D eigenvalue weighted by atomic mass is 10.1. The van der Waals surface area contributed by atoms with E-state index in [1.165, 1.54) is 17.0 Å². The molecule has 2 heterocycles. The van der Waals surface area contributed by atoms with E-state index in [0.717, 1.165) is 11.1 Å². The molecule has 2 fully saturated rings. The number of hydrogen-bond donors (Lipinski definition) is 0. The summed E-state index contributed by atoms with van der Waals surface area (Å²) in [6, 6.07) is 17.2. The quantitative estimate of drug-likeness (QED) is 0.411. The molecule has 5 rings (SSSR count). The minimum Gasteiger partial charge on any atom is -0.496 e. The molecule has 6 nitrogen and oxygen atoms in total. The van der Waals surface area contributed by atoms with Crippen LogP contribution in [0.3, 0.4) is 0 Å². The standard InChI is InChI=1S/C25H20ClFN2O4S/c1-32-22-11-2-15(12-16(22)13-33-20-9-5-18(27)6-10-20)24-29-21(14-34-24)23(30)28(25(29)31)19-7-3-17(26)4-8-19/h2-12,21,24H,13-14H2,1H3. The van der Waals surface area contributed by atoms with Gasteiger partial charge >= 0.3 is 6.03 Å². The number of imide groups is 1. The maximum absolute atomic E-state index is 13.3. The normalized spacial score (nSPS) is 19.5. The first-order valence-electron chi connectivity index (χ1n) is 10.5. The zero-order valence-electron chi connectivity index (χ0n) is 18.1. The van der Waals surface area contributed by atoms with Crippen molar-refractivity contribution in [3.8, 4) is 11.5 Å². The number of nitrogens with zero attached hydrogens (tertiary/aromatic N) is 2. The molecule has 0 N–H and O–H groups in total. The number of ether oxygens (including phenoxy) is 2. The zero-order chi connectivity index (χ0) is 23.8. The van der Waals surface area contributed by atoms with E-state index in [2.05, 4.69) is 0 Å². The Morgan fingerprint density at radius 1 is 1.06 bits per heavy atom. The number of fused-ring (bicyclic) bond motifs is 1. The molecule has 0 saturated carbocycles. The first-order valence-corrected chi connectivity index (χ1v) is 12.0. The van der Waals surface area contributed by atoms with Gasteiger partial charge in [0.15, 0.2) is 0 Å². The third-order valence-electron chi connectivity index (χ3n) is 5.80. The van der Waals surface area contributed by atoms with E-state index in [0.29, 0.717) is 28.0 Å². The van der Waals surface area contributed by atoms with Crippen molar-refractivity contribution in [2.45, 2.75) is 18.0 Å². The number of benzene rings is 3. The summed E-state index contributed by atoms with van der Waals surface area (Å²) < 4.78 is 24.5. The predicted molar refractivity (Wildman–Crippen MR) is 129 cm³/mol. The summed E-state index contributed by atoms with van der Waals surface area (Å²) in [5.74, 6) is 1.10. The summed E-state index contributed by atoms with van der Waals surface area (Å²) in [6.07, 6.45) is 0. The van der Waals surface area contributed by atoms with Crippen LogP contribution in [0.5, 0.6) is 11.5 Å². The Morgan fingerprint density at radius 3 is 2.50 bits per heavy atom. The number of hydrogen-bond acceptors (Lipinski definition) is 5. The number of urea groups is 1. The first kappa shape index (κ1) is 22.6. The van der Waals surface area contributed by atoms with Crippen molar-refractivity contribution >= 4 is 41.0 Å². The predicted octanol–water partition coefficient (Wildman–Crippen LogP) is 5.65. The number of carbonyl (C=O) groups excluding carboxylic acids is 2. The fourth-order valence-electron chi connectivity index (χ4n) is 4.13. The van der Waals surface area contributed by atoms with Crippen molar-refractivity contribution in [3.63, 3.8) is 0 Å². The van der Waals surface area contributed by atoms with Gasteiger partial charge in [-0.25, -0.2) is 14.1 Å². The Bertz CT molecular complexity index is 1240. The Kier molecular flexibility index (Phi) is 6.10. The lowest BCUT2D eigenvalue weighted by Crippen LogP contribution is -2.33. The molecule has 0 aromatic heterocycles. The van der Waals surface area contributed by atoms with Gasteiger partial charge in [0.05, 0.1) is 12.8 Å². The van der Waals surface area contributed by atoms with Gasteiger partial charge < -0.3 is 9.47 Å². The van der Waals surface area contributed by atoms with E-state index < -0.39 is 6.04 Å². The molecule has 0 radical (unpaired) electrons. The van der Waals surface area contributed by atoms with E-state index in [4.69, 9.17) is 21.1 Å². The third kappa shape index (κ3) is 4.08. The summed E-state index contributed by atoms with van der Waals surface area (Å²) in [5.41, 5.74) is 2.15. The minimum absolute atomic E-state index is 0.202. The van der Waals surface area contributed by atoms with Crippen LogP contribution in [0.4, 0.5) is 14.9 Å². The summed E-state index contributed by atoms with van der Waals surface area (Å²) in [6.45, 7) is 0.202. The molecule has 2 unspecified atom stereocenters. The van der Waals surface area contributed by atoms with Gasteiger partial charge in [-0.2, -0.15) is 0 Å². The van der Waals surface area contributed by atoms with Gasteiger partial charge in [0, 0.05) is 16.3 Å². The lowest BCUT2D eigenvalue weighted by molar-refractivity contribution is -0.119. The Morgan fingerprint density at radius 2 is 1.79 bits per heavy atom. The molecular weight excluding hydrogens is 479 g/mol. The average molecular weight is 499 g/mol. The fraction of sp³-hybridized carbons (Fsp3) is 0.200. The lowest BCUT2D eigenvalue weighted by Gasteiger charge is -2.24. The minimum atomic E-state index is -0.529. The number of carbonyl (C=O) groups is 2. The van der Waals surface area contributed by atoms with Gasteiger partial charge in [0.2, 0.25) is 0 Å². The van der Waals surface area contributed by atoms with Crippen LogP contribution < -0.4 is 14.4 Å². The second kappa shape index (κ2) is 9.19. The molecule has 9 heteroatoms. The SMILES string of the molecule is COc1ccc(C2SCC3C(=O)N(c4ccc(Cl)cc4)C(=O)N32)cc1COc1ccc(F)cc1. The number of methoxy groups -OCH3 is 1. The number of rotatable bonds is 6. The van der Waals surface area contributed by atoms with Gasteiger partial charge in [0.25, 0.3) is 5.91 Å². The van der Waals surface area contributed by atoms with Gasteiger partial charge in [-0.1, -0.05) is 17.7 Å². The summed E-state index contributed by atoms with van der Waals surface area (Å²) in [5, 5.41) is 0.208.